The minimum atomic E-state index is -3.29. The molecule has 0 bridgehead atoms. The Balaban J connectivity index is 1.39. The van der Waals surface area contributed by atoms with Gasteiger partial charge in [-0.25, -0.2) is 0 Å². The average molecular weight is 232 g/mol. The lowest BCUT2D eigenvalue weighted by Crippen LogP contribution is -2.83. The molecule has 0 saturated carbocycles. The van der Waals surface area contributed by atoms with Gasteiger partial charge in [0.1, 0.15) is 0 Å². The number of hydrogen-bond acceptors (Lipinski definition) is 10. The first kappa shape index (κ1) is 11.0. The van der Waals surface area contributed by atoms with Gasteiger partial charge in [-0.2, -0.15) is 0 Å². The fraction of sp³-hybridized carbons (Fsp3) is 1.00. The van der Waals surface area contributed by atoms with Gasteiger partial charge in [-0.3, -0.25) is 0 Å². The summed E-state index contributed by atoms with van der Waals surface area (Å²) in [4.78, 5) is 0. The molecular weight excluding hydrogens is 226 g/mol. The van der Waals surface area contributed by atoms with Crippen LogP contribution >= 0.6 is 0 Å². The zero-order valence-electron chi connectivity index (χ0n) is 8.09. The molecule has 16 heavy (non-hydrogen) atoms. The first-order chi connectivity index (χ1) is 7.28. The molecule has 0 aromatic heterocycles. The smallest absolute Gasteiger partial charge is 0.543 e. The van der Waals surface area contributed by atoms with Gasteiger partial charge in [0.25, 0.3) is 0 Å². The second-order valence-electron chi connectivity index (χ2n) is 3.78. The summed E-state index contributed by atoms with van der Waals surface area (Å²) in [5.41, 5.74) is 0. The maximum atomic E-state index is 9.06. The summed E-state index contributed by atoms with van der Waals surface area (Å²) >= 11 is 0. The molecule has 3 heterocycles. The number of hydrogen-bond donors (Lipinski definition) is 3. The van der Waals surface area contributed by atoms with Crippen LogP contribution in [0.4, 0.5) is 0 Å². The topological polar surface area (TPSA) is 125 Å². The highest BCUT2D eigenvalue weighted by atomic mass is 17.1. The highest BCUT2D eigenvalue weighted by Crippen LogP contribution is 2.37. The first-order valence-electron chi connectivity index (χ1n) is 4.65. The third kappa shape index (κ3) is 1.80. The third-order valence-electron chi connectivity index (χ3n) is 2.19. The van der Waals surface area contributed by atoms with Gasteiger partial charge in [0.2, 0.25) is 0 Å². The summed E-state index contributed by atoms with van der Waals surface area (Å²) < 4.78 is 32.7. The van der Waals surface area contributed by atoms with Gasteiger partial charge in [-0.05, 0) is 0 Å². The highest BCUT2D eigenvalue weighted by molar-refractivity contribution is 6.91. The van der Waals surface area contributed by atoms with E-state index in [0.717, 1.165) is 0 Å². The Hall–Kier alpha value is -0.0753. The second-order valence-corrected chi connectivity index (χ2v) is 3.78. The SMILES string of the molecule is C[B-]1(O)OB(OB2O[B-]3(O2)O[B-](O)(O)O3)O1. The van der Waals surface area contributed by atoms with E-state index in [0.29, 0.717) is 0 Å². The van der Waals surface area contributed by atoms with E-state index >= 15 is 0 Å². The molecular formula is CH6B5O10-3. The molecule has 15 heteroatoms. The van der Waals surface area contributed by atoms with Gasteiger partial charge in [0, 0.05) is 0 Å². The molecule has 3 aliphatic heterocycles. The molecule has 0 aromatic rings. The summed E-state index contributed by atoms with van der Waals surface area (Å²) in [5.74, 6) is 0. The number of rotatable bonds is 2. The van der Waals surface area contributed by atoms with Crippen molar-refractivity contribution in [2.24, 2.45) is 0 Å². The molecule has 3 rings (SSSR count). The molecule has 0 radical (unpaired) electrons. The predicted molar refractivity (Wildman–Crippen MR) is 48.9 cm³/mol. The lowest BCUT2D eigenvalue weighted by Gasteiger charge is -2.71. The van der Waals surface area contributed by atoms with E-state index < -0.39 is 35.3 Å². The summed E-state index contributed by atoms with van der Waals surface area (Å²) in [5, 5.41) is 26.5. The van der Waals surface area contributed by atoms with Gasteiger partial charge in [0.15, 0.2) is 0 Å². The fourth-order valence-electron chi connectivity index (χ4n) is 1.50. The molecule has 10 nitrogen and oxygen atoms in total. The first-order valence-corrected chi connectivity index (χ1v) is 4.65. The molecule has 0 atom stereocenters. The molecule has 88 valence electrons. The van der Waals surface area contributed by atoms with Crippen LogP contribution in [0.2, 0.25) is 6.82 Å². The van der Waals surface area contributed by atoms with Crippen LogP contribution in [-0.2, 0) is 32.0 Å². The van der Waals surface area contributed by atoms with E-state index in [1.807, 2.05) is 0 Å². The van der Waals surface area contributed by atoms with Crippen molar-refractivity contribution in [3.63, 3.8) is 0 Å². The zero-order chi connectivity index (χ0) is 11.6. The fourth-order valence-corrected chi connectivity index (χ4v) is 1.50. The summed E-state index contributed by atoms with van der Waals surface area (Å²) in [6.07, 6.45) is 0. The average Bonchev–Trinajstić information content (AvgIpc) is 1.93. The van der Waals surface area contributed by atoms with Gasteiger partial charge < -0.3 is 47.1 Å². The van der Waals surface area contributed by atoms with Crippen molar-refractivity contribution in [1.82, 2.24) is 0 Å². The second kappa shape index (κ2) is 3.03. The van der Waals surface area contributed by atoms with Crippen molar-refractivity contribution in [2.45, 2.75) is 6.82 Å². The van der Waals surface area contributed by atoms with Crippen LogP contribution in [-0.4, -0.2) is 50.4 Å². The maximum Gasteiger partial charge on any atom is 0.543 e. The van der Waals surface area contributed by atoms with Crippen molar-refractivity contribution in [3.05, 3.63) is 0 Å². The lowest BCUT2D eigenvalue weighted by atomic mass is 9.71. The minimum Gasteiger partial charge on any atom is -0.682 e. The van der Waals surface area contributed by atoms with Crippen molar-refractivity contribution in [2.75, 3.05) is 0 Å². The van der Waals surface area contributed by atoms with Crippen LogP contribution in [0.3, 0.4) is 0 Å². The van der Waals surface area contributed by atoms with E-state index in [2.05, 4.69) is 9.14 Å². The Bertz CT molecular complexity index is 290. The quantitative estimate of drug-likeness (QED) is 0.413. The summed E-state index contributed by atoms with van der Waals surface area (Å²) in [6, 6.07) is 0. The van der Waals surface area contributed by atoms with E-state index in [4.69, 9.17) is 37.9 Å². The molecule has 0 amide bonds. The van der Waals surface area contributed by atoms with Crippen molar-refractivity contribution >= 4 is 35.3 Å². The zero-order valence-corrected chi connectivity index (χ0v) is 8.09. The molecule has 3 saturated heterocycles. The molecule has 3 aliphatic rings. The van der Waals surface area contributed by atoms with Crippen LogP contribution in [0.5, 0.6) is 0 Å². The summed E-state index contributed by atoms with van der Waals surface area (Å²) in [7, 11) is -2.28. The Labute approximate surface area is 90.1 Å². The van der Waals surface area contributed by atoms with Crippen molar-refractivity contribution in [1.29, 1.82) is 0 Å². The lowest BCUT2D eigenvalue weighted by molar-refractivity contribution is -0.0876. The summed E-state index contributed by atoms with van der Waals surface area (Å²) in [6.45, 7) is -6.79. The highest BCUT2D eigenvalue weighted by Gasteiger charge is 2.59. The third-order valence-corrected chi connectivity index (χ3v) is 2.19. The Morgan fingerprint density at radius 2 is 1.44 bits per heavy atom. The van der Waals surface area contributed by atoms with Crippen LogP contribution in [0, 0.1) is 0 Å². The molecule has 3 N–H and O–H groups in total. The standard InChI is InChI=1S/CH6B5O10/c1-4(7)11-2(12-4)10-3-13-6(14-3)15-5(8,9)16-6/h7-9H,1H3/q-3. The predicted octanol–water partition coefficient (Wildman–Crippen LogP) is -3.47. The Morgan fingerprint density at radius 1 is 0.938 bits per heavy atom. The maximum absolute atomic E-state index is 9.06. The molecule has 0 aromatic carbocycles. The minimum absolute atomic E-state index is 1.10. The van der Waals surface area contributed by atoms with Crippen LogP contribution < -0.4 is 0 Å². The van der Waals surface area contributed by atoms with Crippen LogP contribution in [0.25, 0.3) is 0 Å². The largest absolute Gasteiger partial charge is 0.682 e. The molecule has 1 spiro atoms. The van der Waals surface area contributed by atoms with E-state index in [1.54, 1.807) is 0 Å². The van der Waals surface area contributed by atoms with E-state index in [-0.39, 0.29) is 0 Å². The van der Waals surface area contributed by atoms with E-state index in [9.17, 15) is 0 Å². The van der Waals surface area contributed by atoms with Gasteiger partial charge in [-0.1, -0.05) is 0 Å². The van der Waals surface area contributed by atoms with Crippen LogP contribution in [0.1, 0.15) is 0 Å². The molecule has 3 fully saturated rings. The van der Waals surface area contributed by atoms with E-state index in [1.165, 1.54) is 6.82 Å². The van der Waals surface area contributed by atoms with Gasteiger partial charge in [-0.15, -0.1) is 6.82 Å². The van der Waals surface area contributed by atoms with Crippen molar-refractivity contribution in [3.8, 4) is 0 Å². The molecule has 0 aliphatic carbocycles. The Kier molecular flexibility index (Phi) is 2.09. The Morgan fingerprint density at radius 3 is 1.88 bits per heavy atom. The normalized spacial score (nSPS) is 33.0. The van der Waals surface area contributed by atoms with Gasteiger partial charge >= 0.3 is 35.3 Å². The van der Waals surface area contributed by atoms with Crippen molar-refractivity contribution < 1.29 is 47.1 Å². The molecule has 0 unspecified atom stereocenters. The monoisotopic (exact) mass is 233 g/mol. The van der Waals surface area contributed by atoms with Gasteiger partial charge in [0.05, 0.1) is 0 Å². The van der Waals surface area contributed by atoms with Crippen LogP contribution in [0.15, 0.2) is 0 Å².